The van der Waals surface area contributed by atoms with Gasteiger partial charge in [-0.2, -0.15) is 0 Å². The first-order valence-corrected chi connectivity index (χ1v) is 11.7. The monoisotopic (exact) mass is 415 g/mol. The third-order valence-electron chi connectivity index (χ3n) is 5.85. The summed E-state index contributed by atoms with van der Waals surface area (Å²) in [4.78, 5) is 17.1. The van der Waals surface area contributed by atoms with E-state index in [4.69, 9.17) is 4.74 Å². The maximum absolute atomic E-state index is 12.7. The Balaban J connectivity index is 1.26. The summed E-state index contributed by atoms with van der Waals surface area (Å²) >= 11 is 3.33. The van der Waals surface area contributed by atoms with Crippen LogP contribution in [0.2, 0.25) is 0 Å². The van der Waals surface area contributed by atoms with Crippen molar-refractivity contribution < 1.29 is 9.53 Å². The predicted molar refractivity (Wildman–Crippen MR) is 114 cm³/mol. The SMILES string of the molecule is O=C(N[C@@H]1C[C@H]2CC[C@@H]1N2)c1ccc(Sc2ccccc2N2CCOCC2)s1. The molecular weight excluding hydrogens is 390 g/mol. The van der Waals surface area contributed by atoms with Crippen LogP contribution in [0, 0.1) is 0 Å². The van der Waals surface area contributed by atoms with E-state index >= 15 is 0 Å². The molecule has 2 N–H and O–H groups in total. The van der Waals surface area contributed by atoms with Gasteiger partial charge in [0.2, 0.25) is 0 Å². The van der Waals surface area contributed by atoms with Gasteiger partial charge in [-0.3, -0.25) is 4.79 Å². The van der Waals surface area contributed by atoms with Gasteiger partial charge in [0.05, 0.1) is 28.0 Å². The smallest absolute Gasteiger partial charge is 0.261 e. The van der Waals surface area contributed by atoms with E-state index in [9.17, 15) is 4.79 Å². The lowest BCUT2D eigenvalue weighted by Crippen LogP contribution is -2.42. The summed E-state index contributed by atoms with van der Waals surface area (Å²) in [6.45, 7) is 3.40. The molecule has 28 heavy (non-hydrogen) atoms. The fourth-order valence-corrected chi connectivity index (χ4v) is 6.58. The van der Waals surface area contributed by atoms with E-state index in [1.165, 1.54) is 23.4 Å². The zero-order valence-electron chi connectivity index (χ0n) is 15.7. The molecule has 0 saturated carbocycles. The number of benzene rings is 1. The summed E-state index contributed by atoms with van der Waals surface area (Å²) in [5, 5.41) is 6.83. The van der Waals surface area contributed by atoms with Crippen LogP contribution in [0.3, 0.4) is 0 Å². The molecule has 4 heterocycles. The van der Waals surface area contributed by atoms with Crippen LogP contribution in [-0.2, 0) is 4.74 Å². The Labute approximate surface area is 173 Å². The van der Waals surface area contributed by atoms with Crippen LogP contribution in [-0.4, -0.2) is 50.3 Å². The Morgan fingerprint density at radius 3 is 2.82 bits per heavy atom. The maximum Gasteiger partial charge on any atom is 0.261 e. The molecule has 0 spiro atoms. The minimum atomic E-state index is 0.0673. The number of carbonyl (C=O) groups is 1. The van der Waals surface area contributed by atoms with Gasteiger partial charge in [0.15, 0.2) is 0 Å². The third-order valence-corrected chi connectivity index (χ3v) is 8.13. The van der Waals surface area contributed by atoms with Gasteiger partial charge in [0.1, 0.15) is 0 Å². The fraction of sp³-hybridized carbons (Fsp3) is 0.476. The molecule has 148 valence electrons. The number of fused-ring (bicyclic) bond motifs is 2. The van der Waals surface area contributed by atoms with Crippen molar-refractivity contribution in [3.63, 3.8) is 0 Å². The Morgan fingerprint density at radius 1 is 1.18 bits per heavy atom. The number of morpholine rings is 1. The largest absolute Gasteiger partial charge is 0.378 e. The predicted octanol–water partition coefficient (Wildman–Crippen LogP) is 3.36. The van der Waals surface area contributed by atoms with Gasteiger partial charge in [-0.1, -0.05) is 23.9 Å². The van der Waals surface area contributed by atoms with Crippen molar-refractivity contribution in [1.82, 2.24) is 10.6 Å². The first-order chi connectivity index (χ1) is 13.8. The average Bonchev–Trinajstić information content (AvgIpc) is 3.46. The second-order valence-electron chi connectivity index (χ2n) is 7.65. The standard InChI is InChI=1S/C21H25N3O2S2/c25-21(23-16-13-14-5-6-15(16)22-14)19-7-8-20(28-19)27-18-4-2-1-3-17(18)24-9-11-26-12-10-24/h1-4,7-8,14-16,22H,5-6,9-13H2,(H,23,25)/t14-,15+,16-/m1/s1. The molecule has 0 unspecified atom stereocenters. The molecule has 1 amide bonds. The second-order valence-corrected chi connectivity index (χ2v) is 10.1. The number of nitrogens with one attached hydrogen (secondary N) is 2. The minimum Gasteiger partial charge on any atom is -0.378 e. The van der Waals surface area contributed by atoms with Crippen LogP contribution in [0.25, 0.3) is 0 Å². The van der Waals surface area contributed by atoms with Crippen molar-refractivity contribution in [2.24, 2.45) is 0 Å². The van der Waals surface area contributed by atoms with E-state index in [1.54, 1.807) is 23.1 Å². The summed E-state index contributed by atoms with van der Waals surface area (Å²) in [6, 6.07) is 13.9. The molecule has 1 aromatic carbocycles. The van der Waals surface area contributed by atoms with Crippen molar-refractivity contribution in [3.8, 4) is 0 Å². The lowest BCUT2D eigenvalue weighted by molar-refractivity contribution is 0.0935. The van der Waals surface area contributed by atoms with Gasteiger partial charge >= 0.3 is 0 Å². The molecule has 3 saturated heterocycles. The van der Waals surface area contributed by atoms with Gasteiger partial charge in [0.25, 0.3) is 5.91 Å². The molecule has 3 aliphatic heterocycles. The van der Waals surface area contributed by atoms with Crippen molar-refractivity contribution in [2.75, 3.05) is 31.2 Å². The van der Waals surface area contributed by atoms with E-state index in [0.29, 0.717) is 12.1 Å². The molecule has 0 aliphatic carbocycles. The van der Waals surface area contributed by atoms with Gasteiger partial charge in [-0.25, -0.2) is 0 Å². The zero-order valence-corrected chi connectivity index (χ0v) is 17.4. The quantitative estimate of drug-likeness (QED) is 0.784. The third kappa shape index (κ3) is 3.81. The van der Waals surface area contributed by atoms with Crippen molar-refractivity contribution in [3.05, 3.63) is 41.3 Å². The highest BCUT2D eigenvalue weighted by molar-refractivity contribution is 8.01. The summed E-state index contributed by atoms with van der Waals surface area (Å²) in [5.74, 6) is 0.0673. The number of thiophene rings is 1. The van der Waals surface area contributed by atoms with E-state index in [0.717, 1.165) is 41.8 Å². The number of nitrogens with zero attached hydrogens (tertiary/aromatic N) is 1. The Hall–Kier alpha value is -1.54. The topological polar surface area (TPSA) is 53.6 Å². The average molecular weight is 416 g/mol. The number of rotatable bonds is 5. The second kappa shape index (κ2) is 8.06. The van der Waals surface area contributed by atoms with Crippen molar-refractivity contribution in [1.29, 1.82) is 0 Å². The molecule has 5 rings (SSSR count). The van der Waals surface area contributed by atoms with Crippen molar-refractivity contribution in [2.45, 2.75) is 46.5 Å². The lowest BCUT2D eigenvalue weighted by Gasteiger charge is -2.30. The van der Waals surface area contributed by atoms with Crippen LogP contribution in [0.4, 0.5) is 5.69 Å². The van der Waals surface area contributed by atoms with Crippen LogP contribution in [0.15, 0.2) is 45.5 Å². The molecule has 1 aromatic heterocycles. The van der Waals surface area contributed by atoms with Gasteiger partial charge in [-0.05, 0) is 43.5 Å². The lowest BCUT2D eigenvalue weighted by atomic mass is 9.95. The Kier molecular flexibility index (Phi) is 5.32. The molecule has 5 nitrogen and oxygen atoms in total. The minimum absolute atomic E-state index is 0.0673. The van der Waals surface area contributed by atoms with E-state index in [2.05, 4.69) is 45.9 Å². The fourth-order valence-electron chi connectivity index (χ4n) is 4.44. The molecule has 2 aromatic rings. The van der Waals surface area contributed by atoms with Crippen molar-refractivity contribution >= 4 is 34.7 Å². The number of para-hydroxylation sites is 1. The normalized spacial score (nSPS) is 26.6. The van der Waals surface area contributed by atoms with E-state index in [-0.39, 0.29) is 11.9 Å². The van der Waals surface area contributed by atoms with Crippen LogP contribution < -0.4 is 15.5 Å². The highest BCUT2D eigenvalue weighted by Gasteiger charge is 2.39. The van der Waals surface area contributed by atoms with Crippen LogP contribution in [0.1, 0.15) is 28.9 Å². The Morgan fingerprint density at radius 2 is 2.04 bits per heavy atom. The number of ether oxygens (including phenoxy) is 1. The highest BCUT2D eigenvalue weighted by Crippen LogP contribution is 2.39. The number of anilines is 1. The summed E-state index contributed by atoms with van der Waals surface area (Å²) in [6.07, 6.45) is 3.50. The Bertz CT molecular complexity index is 850. The molecule has 0 radical (unpaired) electrons. The molecule has 3 aliphatic rings. The summed E-state index contributed by atoms with van der Waals surface area (Å²) in [5.41, 5.74) is 1.25. The van der Waals surface area contributed by atoms with Gasteiger partial charge in [0, 0.05) is 36.1 Å². The number of hydrogen-bond acceptors (Lipinski definition) is 6. The summed E-state index contributed by atoms with van der Waals surface area (Å²) in [7, 11) is 0. The number of amides is 1. The molecule has 3 fully saturated rings. The number of hydrogen-bond donors (Lipinski definition) is 2. The maximum atomic E-state index is 12.7. The molecule has 3 atom stereocenters. The first kappa shape index (κ1) is 18.5. The van der Waals surface area contributed by atoms with Crippen LogP contribution >= 0.6 is 23.1 Å². The highest BCUT2D eigenvalue weighted by atomic mass is 32.2. The molecular formula is C21H25N3O2S2. The first-order valence-electron chi connectivity index (χ1n) is 10.0. The van der Waals surface area contributed by atoms with Gasteiger partial charge < -0.3 is 20.3 Å². The number of carbonyl (C=O) groups excluding carboxylic acids is 1. The molecule has 7 heteroatoms. The summed E-state index contributed by atoms with van der Waals surface area (Å²) < 4.78 is 6.64. The van der Waals surface area contributed by atoms with E-state index < -0.39 is 0 Å². The zero-order chi connectivity index (χ0) is 18.9. The van der Waals surface area contributed by atoms with Crippen LogP contribution in [0.5, 0.6) is 0 Å². The molecule has 2 bridgehead atoms. The van der Waals surface area contributed by atoms with E-state index in [1.807, 2.05) is 6.07 Å². The van der Waals surface area contributed by atoms with Gasteiger partial charge in [-0.15, -0.1) is 11.3 Å².